The molecule has 3 heteroatoms. The van der Waals surface area contributed by atoms with Crippen molar-refractivity contribution in [1.82, 2.24) is 4.90 Å². The number of rotatable bonds is 3. The van der Waals surface area contributed by atoms with Crippen LogP contribution in [0.3, 0.4) is 0 Å². The number of hydrogen-bond donors (Lipinski definition) is 1. The Morgan fingerprint density at radius 1 is 1.54 bits per heavy atom. The van der Waals surface area contributed by atoms with E-state index in [1.165, 1.54) is 6.42 Å². The third-order valence-corrected chi connectivity index (χ3v) is 2.54. The van der Waals surface area contributed by atoms with Gasteiger partial charge in [0.2, 0.25) is 5.91 Å². The molecular weight excluding hydrogens is 164 g/mol. The summed E-state index contributed by atoms with van der Waals surface area (Å²) in [6.45, 7) is 6.37. The van der Waals surface area contributed by atoms with E-state index in [1.807, 2.05) is 0 Å². The van der Waals surface area contributed by atoms with Gasteiger partial charge in [0.1, 0.15) is 0 Å². The van der Waals surface area contributed by atoms with Gasteiger partial charge in [0.05, 0.1) is 6.04 Å². The number of nitrogens with zero attached hydrogens (tertiary/aromatic N) is 1. The topological polar surface area (TPSA) is 46.3 Å². The molecule has 1 heterocycles. The van der Waals surface area contributed by atoms with Crippen LogP contribution in [0.15, 0.2) is 0 Å². The van der Waals surface area contributed by atoms with Crippen molar-refractivity contribution in [3.05, 3.63) is 0 Å². The van der Waals surface area contributed by atoms with Gasteiger partial charge < -0.3 is 5.73 Å². The molecule has 0 aliphatic carbocycles. The Morgan fingerprint density at radius 3 is 2.77 bits per heavy atom. The van der Waals surface area contributed by atoms with E-state index in [2.05, 4.69) is 18.7 Å². The molecular formula is C10H20N2O. The summed E-state index contributed by atoms with van der Waals surface area (Å²) >= 11 is 0. The zero-order chi connectivity index (χ0) is 9.84. The molecule has 3 nitrogen and oxygen atoms in total. The lowest BCUT2D eigenvalue weighted by Gasteiger charge is -2.34. The third-order valence-electron chi connectivity index (χ3n) is 2.54. The van der Waals surface area contributed by atoms with E-state index in [-0.39, 0.29) is 11.9 Å². The zero-order valence-corrected chi connectivity index (χ0v) is 8.62. The average molecular weight is 184 g/mol. The fourth-order valence-corrected chi connectivity index (χ4v) is 2.00. The van der Waals surface area contributed by atoms with E-state index in [0.29, 0.717) is 5.92 Å². The minimum Gasteiger partial charge on any atom is -0.368 e. The van der Waals surface area contributed by atoms with Gasteiger partial charge >= 0.3 is 0 Å². The van der Waals surface area contributed by atoms with Crippen LogP contribution in [0.25, 0.3) is 0 Å². The first-order chi connectivity index (χ1) is 6.11. The number of amides is 1. The van der Waals surface area contributed by atoms with E-state index < -0.39 is 0 Å². The standard InChI is InChI=1S/C10H20N2O/c1-8(2)7-12-6-4-3-5-9(12)10(11)13/h8-9H,3-7H2,1-2H3,(H2,11,13). The van der Waals surface area contributed by atoms with Gasteiger partial charge in [0.25, 0.3) is 0 Å². The summed E-state index contributed by atoms with van der Waals surface area (Å²) < 4.78 is 0. The number of piperidine rings is 1. The predicted molar refractivity (Wildman–Crippen MR) is 53.2 cm³/mol. The monoisotopic (exact) mass is 184 g/mol. The van der Waals surface area contributed by atoms with Crippen LogP contribution in [-0.2, 0) is 4.79 Å². The second kappa shape index (κ2) is 4.61. The van der Waals surface area contributed by atoms with Gasteiger partial charge in [-0.25, -0.2) is 0 Å². The summed E-state index contributed by atoms with van der Waals surface area (Å²) in [6, 6.07) is -0.00356. The minimum atomic E-state index is -0.152. The van der Waals surface area contributed by atoms with Crippen LogP contribution in [0, 0.1) is 5.92 Å². The van der Waals surface area contributed by atoms with E-state index in [9.17, 15) is 4.79 Å². The van der Waals surface area contributed by atoms with Crippen molar-refractivity contribution in [2.75, 3.05) is 13.1 Å². The first-order valence-corrected chi connectivity index (χ1v) is 5.14. The molecule has 0 radical (unpaired) electrons. The molecule has 1 rings (SSSR count). The highest BCUT2D eigenvalue weighted by atomic mass is 16.1. The summed E-state index contributed by atoms with van der Waals surface area (Å²) in [5.74, 6) is 0.459. The number of nitrogens with two attached hydrogens (primary N) is 1. The maximum Gasteiger partial charge on any atom is 0.234 e. The van der Waals surface area contributed by atoms with Crippen LogP contribution in [0.4, 0.5) is 0 Å². The Bertz CT molecular complexity index is 180. The maximum atomic E-state index is 11.1. The smallest absolute Gasteiger partial charge is 0.234 e. The minimum absolute atomic E-state index is 0.00356. The van der Waals surface area contributed by atoms with Gasteiger partial charge in [-0.05, 0) is 25.3 Å². The van der Waals surface area contributed by atoms with Gasteiger partial charge in [-0.3, -0.25) is 9.69 Å². The maximum absolute atomic E-state index is 11.1. The molecule has 0 spiro atoms. The molecule has 1 atom stereocenters. The third kappa shape index (κ3) is 2.99. The highest BCUT2D eigenvalue weighted by Gasteiger charge is 2.26. The second-order valence-corrected chi connectivity index (χ2v) is 4.30. The van der Waals surface area contributed by atoms with Crippen molar-refractivity contribution in [2.24, 2.45) is 11.7 Å². The van der Waals surface area contributed by atoms with Gasteiger partial charge in [-0.1, -0.05) is 20.3 Å². The Balaban J connectivity index is 2.51. The summed E-state index contributed by atoms with van der Waals surface area (Å²) in [5.41, 5.74) is 5.35. The highest BCUT2D eigenvalue weighted by molar-refractivity contribution is 5.79. The Morgan fingerprint density at radius 2 is 2.23 bits per heavy atom. The molecule has 13 heavy (non-hydrogen) atoms. The summed E-state index contributed by atoms with van der Waals surface area (Å²) in [5, 5.41) is 0. The lowest BCUT2D eigenvalue weighted by Crippen LogP contribution is -2.48. The van der Waals surface area contributed by atoms with Gasteiger partial charge in [0.15, 0.2) is 0 Å². The summed E-state index contributed by atoms with van der Waals surface area (Å²) in [4.78, 5) is 13.4. The molecule has 0 aromatic rings. The molecule has 1 saturated heterocycles. The number of carbonyl (C=O) groups is 1. The van der Waals surface area contributed by atoms with Crippen molar-refractivity contribution in [3.63, 3.8) is 0 Å². The Hall–Kier alpha value is -0.570. The SMILES string of the molecule is CC(C)CN1CCCCC1C(N)=O. The normalized spacial score (nSPS) is 25.0. The van der Waals surface area contributed by atoms with Crippen LogP contribution in [-0.4, -0.2) is 29.9 Å². The van der Waals surface area contributed by atoms with Gasteiger partial charge in [-0.2, -0.15) is 0 Å². The van der Waals surface area contributed by atoms with E-state index in [0.717, 1.165) is 25.9 Å². The molecule has 1 unspecified atom stereocenters. The zero-order valence-electron chi connectivity index (χ0n) is 8.62. The number of primary amides is 1. The lowest BCUT2D eigenvalue weighted by atomic mass is 10.0. The van der Waals surface area contributed by atoms with Crippen LogP contribution >= 0.6 is 0 Å². The summed E-state index contributed by atoms with van der Waals surface area (Å²) in [6.07, 6.45) is 3.29. The van der Waals surface area contributed by atoms with Crippen molar-refractivity contribution in [3.8, 4) is 0 Å². The number of carbonyl (C=O) groups excluding carboxylic acids is 1. The molecule has 0 bridgehead atoms. The van der Waals surface area contributed by atoms with Crippen molar-refractivity contribution >= 4 is 5.91 Å². The molecule has 76 valence electrons. The average Bonchev–Trinajstić information content (AvgIpc) is 2.03. The quantitative estimate of drug-likeness (QED) is 0.710. The van der Waals surface area contributed by atoms with Crippen LogP contribution in [0.1, 0.15) is 33.1 Å². The number of hydrogen-bond acceptors (Lipinski definition) is 2. The lowest BCUT2D eigenvalue weighted by molar-refractivity contribution is -0.124. The molecule has 1 amide bonds. The fourth-order valence-electron chi connectivity index (χ4n) is 2.00. The van der Waals surface area contributed by atoms with Crippen LogP contribution in [0.5, 0.6) is 0 Å². The molecule has 0 aromatic carbocycles. The Kier molecular flexibility index (Phi) is 3.72. The first-order valence-electron chi connectivity index (χ1n) is 5.14. The molecule has 1 fully saturated rings. The second-order valence-electron chi connectivity index (χ2n) is 4.30. The van der Waals surface area contributed by atoms with Crippen LogP contribution < -0.4 is 5.73 Å². The number of likely N-dealkylation sites (tertiary alicyclic amines) is 1. The molecule has 1 aliphatic rings. The van der Waals surface area contributed by atoms with E-state index in [1.54, 1.807) is 0 Å². The van der Waals surface area contributed by atoms with Gasteiger partial charge in [0, 0.05) is 6.54 Å². The molecule has 2 N–H and O–H groups in total. The van der Waals surface area contributed by atoms with E-state index >= 15 is 0 Å². The van der Waals surface area contributed by atoms with Crippen LogP contribution in [0.2, 0.25) is 0 Å². The summed E-state index contributed by atoms with van der Waals surface area (Å²) in [7, 11) is 0. The van der Waals surface area contributed by atoms with Crippen molar-refractivity contribution < 1.29 is 4.79 Å². The van der Waals surface area contributed by atoms with Gasteiger partial charge in [-0.15, -0.1) is 0 Å². The highest BCUT2D eigenvalue weighted by Crippen LogP contribution is 2.17. The first kappa shape index (κ1) is 10.5. The van der Waals surface area contributed by atoms with E-state index in [4.69, 9.17) is 5.73 Å². The fraction of sp³-hybridized carbons (Fsp3) is 0.900. The molecule has 1 aliphatic heterocycles. The van der Waals surface area contributed by atoms with Crippen molar-refractivity contribution in [2.45, 2.75) is 39.2 Å². The van der Waals surface area contributed by atoms with Crippen molar-refractivity contribution in [1.29, 1.82) is 0 Å². The molecule has 0 aromatic heterocycles. The Labute approximate surface area is 80.3 Å². The predicted octanol–water partition coefficient (Wildman–Crippen LogP) is 0.982. The molecule has 0 saturated carbocycles. The largest absolute Gasteiger partial charge is 0.368 e.